The van der Waals surface area contributed by atoms with Crippen LogP contribution in [0.1, 0.15) is 65.7 Å². The van der Waals surface area contributed by atoms with E-state index in [9.17, 15) is 14.4 Å². The lowest BCUT2D eigenvalue weighted by Gasteiger charge is -2.23. The first kappa shape index (κ1) is 27.8. The molecule has 2 aromatic carbocycles. The number of rotatable bonds is 4. The Morgan fingerprint density at radius 3 is 2.61 bits per heavy atom. The largest absolute Gasteiger partial charge is 0.496 e. The summed E-state index contributed by atoms with van der Waals surface area (Å²) in [5.74, 6) is 0.0876. The Kier molecular flexibility index (Phi) is 7.49. The van der Waals surface area contributed by atoms with Crippen LogP contribution < -0.4 is 15.0 Å². The van der Waals surface area contributed by atoms with Crippen molar-refractivity contribution in [3.63, 3.8) is 0 Å². The molecule has 5 rings (SSSR count). The first-order valence-electron chi connectivity index (χ1n) is 13.5. The SMILES string of the molecule is COc1cc(C(=O)N2CCCCc3cnccc32)ccc1C(=O)Nc1cccc2c1nc(C)n2C(=O)OC(C)(C)C. The number of carbonyl (C=O) groups is 3. The number of methoxy groups -OCH3 is 1. The average Bonchev–Trinajstić information content (AvgIpc) is 3.13. The van der Waals surface area contributed by atoms with Crippen molar-refractivity contribution in [2.45, 2.75) is 52.6 Å². The summed E-state index contributed by atoms with van der Waals surface area (Å²) in [6, 6.07) is 11.8. The molecule has 3 heterocycles. The summed E-state index contributed by atoms with van der Waals surface area (Å²) in [4.78, 5) is 50.4. The molecule has 0 aliphatic carbocycles. The molecule has 1 N–H and O–H groups in total. The van der Waals surface area contributed by atoms with Gasteiger partial charge in [0.25, 0.3) is 11.8 Å². The normalized spacial score (nSPS) is 13.3. The topological polar surface area (TPSA) is 116 Å². The Labute approximate surface area is 238 Å². The number of aromatic nitrogens is 3. The van der Waals surface area contributed by atoms with Crippen molar-refractivity contribution in [1.82, 2.24) is 14.5 Å². The number of para-hydroxylation sites is 1. The summed E-state index contributed by atoms with van der Waals surface area (Å²) in [7, 11) is 1.46. The van der Waals surface area contributed by atoms with Gasteiger partial charge in [-0.15, -0.1) is 0 Å². The van der Waals surface area contributed by atoms with E-state index < -0.39 is 17.6 Å². The third-order valence-corrected chi connectivity index (χ3v) is 6.86. The minimum Gasteiger partial charge on any atom is -0.496 e. The summed E-state index contributed by atoms with van der Waals surface area (Å²) in [5.41, 5.74) is 3.28. The molecule has 1 aliphatic heterocycles. The summed E-state index contributed by atoms with van der Waals surface area (Å²) < 4.78 is 12.5. The maximum atomic E-state index is 13.6. The highest BCUT2D eigenvalue weighted by Gasteiger charge is 2.26. The fourth-order valence-electron chi connectivity index (χ4n) is 5.00. The predicted octanol–water partition coefficient (Wildman–Crippen LogP) is 5.77. The molecule has 0 unspecified atom stereocenters. The maximum absolute atomic E-state index is 13.6. The van der Waals surface area contributed by atoms with Crippen LogP contribution in [0.2, 0.25) is 0 Å². The van der Waals surface area contributed by atoms with Crippen molar-refractivity contribution >= 4 is 40.3 Å². The van der Waals surface area contributed by atoms with Gasteiger partial charge in [0.2, 0.25) is 0 Å². The summed E-state index contributed by atoms with van der Waals surface area (Å²) >= 11 is 0. The van der Waals surface area contributed by atoms with Gasteiger partial charge in [-0.3, -0.25) is 14.6 Å². The van der Waals surface area contributed by atoms with Crippen LogP contribution in [-0.4, -0.2) is 51.7 Å². The van der Waals surface area contributed by atoms with Gasteiger partial charge in [0.1, 0.15) is 22.7 Å². The van der Waals surface area contributed by atoms with Gasteiger partial charge in [0.15, 0.2) is 0 Å². The number of anilines is 2. The molecule has 4 aromatic rings. The smallest absolute Gasteiger partial charge is 0.420 e. The number of imidazole rings is 1. The first-order valence-corrected chi connectivity index (χ1v) is 13.5. The van der Waals surface area contributed by atoms with E-state index in [0.29, 0.717) is 34.7 Å². The molecule has 10 heteroatoms. The Bertz CT molecular complexity index is 1650. The molecule has 212 valence electrons. The molecule has 0 radical (unpaired) electrons. The number of nitrogens with zero attached hydrogens (tertiary/aromatic N) is 4. The van der Waals surface area contributed by atoms with Crippen molar-refractivity contribution < 1.29 is 23.9 Å². The number of hydrogen-bond acceptors (Lipinski definition) is 7. The van der Waals surface area contributed by atoms with E-state index in [-0.39, 0.29) is 17.2 Å². The van der Waals surface area contributed by atoms with Crippen molar-refractivity contribution in [1.29, 1.82) is 0 Å². The first-order chi connectivity index (χ1) is 19.6. The van der Waals surface area contributed by atoms with Crippen LogP contribution in [0, 0.1) is 6.92 Å². The van der Waals surface area contributed by atoms with Crippen LogP contribution in [0.3, 0.4) is 0 Å². The minimum atomic E-state index is -0.677. The van der Waals surface area contributed by atoms with Gasteiger partial charge in [-0.2, -0.15) is 0 Å². The second-order valence-corrected chi connectivity index (χ2v) is 10.9. The Morgan fingerprint density at radius 1 is 1.05 bits per heavy atom. The molecule has 2 aromatic heterocycles. The number of ether oxygens (including phenoxy) is 2. The lowest BCUT2D eigenvalue weighted by molar-refractivity contribution is 0.0540. The van der Waals surface area contributed by atoms with Crippen molar-refractivity contribution in [3.8, 4) is 5.75 Å². The minimum absolute atomic E-state index is 0.169. The number of hydrogen-bond donors (Lipinski definition) is 1. The van der Waals surface area contributed by atoms with Gasteiger partial charge >= 0.3 is 6.09 Å². The number of nitrogens with one attached hydrogen (secondary N) is 1. The lowest BCUT2D eigenvalue weighted by Crippen LogP contribution is -2.32. The lowest BCUT2D eigenvalue weighted by atomic mass is 10.1. The van der Waals surface area contributed by atoms with Gasteiger partial charge in [0, 0.05) is 24.5 Å². The van der Waals surface area contributed by atoms with E-state index in [1.165, 1.54) is 11.7 Å². The third-order valence-electron chi connectivity index (χ3n) is 6.86. The van der Waals surface area contributed by atoms with Gasteiger partial charge in [-0.05, 0) is 88.9 Å². The van der Waals surface area contributed by atoms with Crippen LogP contribution in [0.4, 0.5) is 16.2 Å². The second kappa shape index (κ2) is 11.0. The van der Waals surface area contributed by atoms with E-state index in [1.807, 2.05) is 12.3 Å². The zero-order chi connectivity index (χ0) is 29.3. The van der Waals surface area contributed by atoms with Crippen LogP contribution in [0.5, 0.6) is 5.75 Å². The van der Waals surface area contributed by atoms with Gasteiger partial charge in [0.05, 0.1) is 29.6 Å². The van der Waals surface area contributed by atoms with Crippen LogP contribution >= 0.6 is 0 Å². The summed E-state index contributed by atoms with van der Waals surface area (Å²) in [5, 5.41) is 2.89. The Morgan fingerprint density at radius 2 is 1.85 bits per heavy atom. The molecule has 0 spiro atoms. The number of fused-ring (bicyclic) bond motifs is 2. The van der Waals surface area contributed by atoms with Crippen molar-refractivity contribution in [2.75, 3.05) is 23.9 Å². The molecule has 2 amide bonds. The average molecular weight is 556 g/mol. The molecule has 1 aliphatic rings. The van der Waals surface area contributed by atoms with Crippen molar-refractivity contribution in [3.05, 3.63) is 77.4 Å². The third kappa shape index (κ3) is 5.63. The van der Waals surface area contributed by atoms with E-state index in [0.717, 1.165) is 30.5 Å². The fourth-order valence-corrected chi connectivity index (χ4v) is 5.00. The van der Waals surface area contributed by atoms with Crippen LogP contribution in [0.15, 0.2) is 54.9 Å². The van der Waals surface area contributed by atoms with E-state index in [2.05, 4.69) is 15.3 Å². The van der Waals surface area contributed by atoms with Crippen LogP contribution in [0.25, 0.3) is 11.0 Å². The maximum Gasteiger partial charge on any atom is 0.420 e. The summed E-state index contributed by atoms with van der Waals surface area (Å²) in [6.45, 7) is 7.68. The second-order valence-electron chi connectivity index (χ2n) is 10.9. The fraction of sp³-hybridized carbons (Fsp3) is 0.323. The number of pyridine rings is 1. The van der Waals surface area contributed by atoms with E-state index >= 15 is 0 Å². The Balaban J connectivity index is 1.42. The van der Waals surface area contributed by atoms with Crippen molar-refractivity contribution in [2.24, 2.45) is 0 Å². The number of benzene rings is 2. The molecule has 0 fully saturated rings. The highest BCUT2D eigenvalue weighted by atomic mass is 16.6. The van der Waals surface area contributed by atoms with Gasteiger partial charge in [-0.25, -0.2) is 14.3 Å². The molecule has 0 saturated carbocycles. The molecule has 41 heavy (non-hydrogen) atoms. The van der Waals surface area contributed by atoms with E-state index in [1.54, 1.807) is 75.2 Å². The predicted molar refractivity (Wildman–Crippen MR) is 156 cm³/mol. The van der Waals surface area contributed by atoms with Gasteiger partial charge in [-0.1, -0.05) is 6.07 Å². The molecular weight excluding hydrogens is 522 g/mol. The van der Waals surface area contributed by atoms with Crippen LogP contribution in [-0.2, 0) is 11.2 Å². The van der Waals surface area contributed by atoms with E-state index in [4.69, 9.17) is 9.47 Å². The highest BCUT2D eigenvalue weighted by Crippen LogP contribution is 2.30. The molecule has 0 bridgehead atoms. The Hall–Kier alpha value is -4.73. The zero-order valence-electron chi connectivity index (χ0n) is 23.9. The van der Waals surface area contributed by atoms with Gasteiger partial charge < -0.3 is 19.7 Å². The zero-order valence-corrected chi connectivity index (χ0v) is 23.9. The highest BCUT2D eigenvalue weighted by molar-refractivity contribution is 6.12. The number of aryl methyl sites for hydroxylation is 2. The molecule has 0 atom stereocenters. The molecule has 0 saturated heterocycles. The summed E-state index contributed by atoms with van der Waals surface area (Å²) in [6.07, 6.45) is 5.69. The molecular formula is C31H33N5O5. The quantitative estimate of drug-likeness (QED) is 0.340. The standard InChI is InChI=1S/C31H33N5O5/c1-19-33-27-23(10-8-11-25(27)36(19)30(39)41-31(2,3)4)34-28(37)22-13-12-20(17-26(22)40-5)29(38)35-16-7-6-9-21-18-32-15-14-24(21)35/h8,10-15,17-18H,6-7,9,16H2,1-5H3,(H,34,37). The number of amides is 2. The molecule has 10 nitrogen and oxygen atoms in total. The number of carbonyl (C=O) groups excluding carboxylic acids is 3. The monoisotopic (exact) mass is 555 g/mol.